The third kappa shape index (κ3) is 3.29. The summed E-state index contributed by atoms with van der Waals surface area (Å²) in [5.41, 5.74) is 0.305. The zero-order valence-corrected chi connectivity index (χ0v) is 12.3. The van der Waals surface area contributed by atoms with Crippen LogP contribution in [-0.2, 0) is 10.0 Å². The molecular weight excluding hydrogens is 317 g/mol. The number of aryl methyl sites for hydroxylation is 1. The summed E-state index contributed by atoms with van der Waals surface area (Å²) >= 11 is 5.70. The summed E-state index contributed by atoms with van der Waals surface area (Å²) in [6, 6.07) is 7.48. The highest BCUT2D eigenvalue weighted by Crippen LogP contribution is 2.21. The van der Waals surface area contributed by atoms with Crippen molar-refractivity contribution in [3.63, 3.8) is 0 Å². The second-order valence-corrected chi connectivity index (χ2v) is 6.20. The number of rotatable bonds is 3. The van der Waals surface area contributed by atoms with Gasteiger partial charge < -0.3 is 0 Å². The molecule has 5 nitrogen and oxygen atoms in total. The molecule has 1 aromatic heterocycles. The first kappa shape index (κ1) is 15.2. The number of nitrogens with one attached hydrogen (secondary N) is 1. The number of hydrogen-bond donors (Lipinski definition) is 1. The number of sulfonamides is 1. The Kier molecular flexibility index (Phi) is 4.11. The molecule has 0 unspecified atom stereocenters. The lowest BCUT2D eigenvalue weighted by atomic mass is 10.2. The average molecular weight is 326 g/mol. The minimum Gasteiger partial charge on any atom is -0.278 e. The fourth-order valence-corrected chi connectivity index (χ4v) is 2.93. The van der Waals surface area contributed by atoms with Crippen LogP contribution in [0.15, 0.2) is 35.2 Å². The highest BCUT2D eigenvalue weighted by Gasteiger charge is 2.17. The first-order valence-electron chi connectivity index (χ1n) is 5.69. The van der Waals surface area contributed by atoms with E-state index < -0.39 is 15.8 Å². The number of nitriles is 1. The van der Waals surface area contributed by atoms with Crippen LogP contribution in [0, 0.1) is 24.1 Å². The monoisotopic (exact) mass is 325 g/mol. The second kappa shape index (κ2) is 5.68. The minimum absolute atomic E-state index is 0.213. The maximum atomic E-state index is 13.2. The van der Waals surface area contributed by atoms with Crippen molar-refractivity contribution in [2.24, 2.45) is 0 Å². The molecule has 0 radical (unpaired) electrons. The van der Waals surface area contributed by atoms with Crippen LogP contribution >= 0.6 is 11.6 Å². The van der Waals surface area contributed by atoms with Crippen LogP contribution in [0.3, 0.4) is 0 Å². The van der Waals surface area contributed by atoms with Gasteiger partial charge in [0.2, 0.25) is 0 Å². The van der Waals surface area contributed by atoms with E-state index in [0.717, 1.165) is 18.2 Å². The number of nitrogens with zero attached hydrogens (tertiary/aromatic N) is 2. The smallest absolute Gasteiger partial charge is 0.261 e. The molecule has 1 aromatic carbocycles. The Morgan fingerprint density at radius 3 is 2.67 bits per heavy atom. The van der Waals surface area contributed by atoms with Crippen molar-refractivity contribution >= 4 is 27.3 Å². The molecule has 0 atom stereocenters. The Morgan fingerprint density at radius 1 is 1.33 bits per heavy atom. The molecule has 1 N–H and O–H groups in total. The molecule has 0 aliphatic heterocycles. The van der Waals surface area contributed by atoms with Crippen molar-refractivity contribution in [1.29, 1.82) is 5.26 Å². The summed E-state index contributed by atoms with van der Waals surface area (Å²) in [6.07, 6.45) is 0. The number of halogens is 2. The predicted molar refractivity (Wildman–Crippen MR) is 75.9 cm³/mol. The Labute approximate surface area is 126 Å². The van der Waals surface area contributed by atoms with Crippen LogP contribution in [0.1, 0.15) is 11.3 Å². The molecule has 8 heteroatoms. The minimum atomic E-state index is -3.95. The predicted octanol–water partition coefficient (Wildman–Crippen LogP) is 2.86. The molecule has 0 spiro atoms. The number of pyridine rings is 1. The average Bonchev–Trinajstić information content (AvgIpc) is 2.42. The first-order valence-corrected chi connectivity index (χ1v) is 7.55. The Bertz CT molecular complexity index is 847. The molecule has 0 saturated carbocycles. The van der Waals surface area contributed by atoms with Crippen molar-refractivity contribution in [2.75, 3.05) is 4.72 Å². The Balaban J connectivity index is 2.41. The molecule has 0 bridgehead atoms. The standard InChI is InChI=1S/C13H9ClFN3O2S/c1-8-12(4-5-13(14)17-8)18-21(19,20)10-2-3-11(15)9(6-10)7-16/h2-6,18H,1H3. The Hall–Kier alpha value is -2.17. The molecular formula is C13H9ClFN3O2S. The van der Waals surface area contributed by atoms with E-state index >= 15 is 0 Å². The van der Waals surface area contributed by atoms with Crippen LogP contribution in [0.4, 0.5) is 10.1 Å². The fraction of sp³-hybridized carbons (Fsp3) is 0.0769. The summed E-state index contributed by atoms with van der Waals surface area (Å²) in [5.74, 6) is -0.777. The van der Waals surface area contributed by atoms with Gasteiger partial charge in [-0.25, -0.2) is 17.8 Å². The SMILES string of the molecule is Cc1nc(Cl)ccc1NS(=O)(=O)c1ccc(F)c(C#N)c1. The summed E-state index contributed by atoms with van der Waals surface area (Å²) in [4.78, 5) is 3.71. The van der Waals surface area contributed by atoms with Gasteiger partial charge >= 0.3 is 0 Å². The van der Waals surface area contributed by atoms with Gasteiger partial charge in [0.15, 0.2) is 0 Å². The number of benzene rings is 1. The lowest BCUT2D eigenvalue weighted by molar-refractivity contribution is 0.599. The molecule has 2 rings (SSSR count). The largest absolute Gasteiger partial charge is 0.278 e. The summed E-state index contributed by atoms with van der Waals surface area (Å²) < 4.78 is 40.0. The van der Waals surface area contributed by atoms with Crippen LogP contribution in [0.25, 0.3) is 0 Å². The van der Waals surface area contributed by atoms with Crippen molar-refractivity contribution in [3.8, 4) is 6.07 Å². The number of hydrogen-bond acceptors (Lipinski definition) is 4. The quantitative estimate of drug-likeness (QED) is 0.880. The van der Waals surface area contributed by atoms with Gasteiger partial charge in [-0.2, -0.15) is 5.26 Å². The van der Waals surface area contributed by atoms with E-state index in [1.165, 1.54) is 12.1 Å². The molecule has 0 saturated heterocycles. The third-order valence-electron chi connectivity index (χ3n) is 2.66. The normalized spacial score (nSPS) is 11.0. The molecule has 0 aliphatic carbocycles. The van der Waals surface area contributed by atoms with E-state index in [-0.39, 0.29) is 21.3 Å². The first-order chi connectivity index (χ1) is 9.83. The van der Waals surface area contributed by atoms with Crippen molar-refractivity contribution in [2.45, 2.75) is 11.8 Å². The van der Waals surface area contributed by atoms with Crippen LogP contribution in [-0.4, -0.2) is 13.4 Å². The van der Waals surface area contributed by atoms with Gasteiger partial charge in [-0.3, -0.25) is 4.72 Å². The Morgan fingerprint density at radius 2 is 2.05 bits per heavy atom. The van der Waals surface area contributed by atoms with Crippen LogP contribution < -0.4 is 4.72 Å². The van der Waals surface area contributed by atoms with Gasteiger partial charge in [0.25, 0.3) is 10.0 Å². The van der Waals surface area contributed by atoms with Gasteiger partial charge in [-0.1, -0.05) is 11.6 Å². The molecule has 0 amide bonds. The van der Waals surface area contributed by atoms with Gasteiger partial charge in [-0.05, 0) is 37.3 Å². The third-order valence-corrected chi connectivity index (χ3v) is 4.24. The lowest BCUT2D eigenvalue weighted by Crippen LogP contribution is -2.14. The fourth-order valence-electron chi connectivity index (χ4n) is 1.60. The van der Waals surface area contributed by atoms with Gasteiger partial charge in [0, 0.05) is 0 Å². The van der Waals surface area contributed by atoms with E-state index in [0.29, 0.717) is 5.69 Å². The zero-order chi connectivity index (χ0) is 15.6. The molecule has 1 heterocycles. The topological polar surface area (TPSA) is 82.8 Å². The van der Waals surface area contributed by atoms with Crippen LogP contribution in [0.2, 0.25) is 5.15 Å². The lowest BCUT2D eigenvalue weighted by Gasteiger charge is -2.10. The van der Waals surface area contributed by atoms with Gasteiger partial charge in [-0.15, -0.1) is 0 Å². The van der Waals surface area contributed by atoms with Crippen molar-refractivity contribution in [1.82, 2.24) is 4.98 Å². The number of anilines is 1. The van der Waals surface area contributed by atoms with Gasteiger partial charge in [0.05, 0.1) is 21.8 Å². The highest BCUT2D eigenvalue weighted by molar-refractivity contribution is 7.92. The van der Waals surface area contributed by atoms with Crippen molar-refractivity contribution in [3.05, 3.63) is 52.6 Å². The summed E-state index contributed by atoms with van der Waals surface area (Å²) in [5, 5.41) is 8.98. The van der Waals surface area contributed by atoms with E-state index in [1.54, 1.807) is 13.0 Å². The highest BCUT2D eigenvalue weighted by atomic mass is 35.5. The summed E-state index contributed by atoms with van der Waals surface area (Å²) in [7, 11) is -3.95. The molecule has 0 aliphatic rings. The van der Waals surface area contributed by atoms with E-state index in [2.05, 4.69) is 9.71 Å². The van der Waals surface area contributed by atoms with Crippen LogP contribution in [0.5, 0.6) is 0 Å². The number of aromatic nitrogens is 1. The van der Waals surface area contributed by atoms with E-state index in [9.17, 15) is 12.8 Å². The van der Waals surface area contributed by atoms with E-state index in [1.807, 2.05) is 0 Å². The van der Waals surface area contributed by atoms with Crippen molar-refractivity contribution < 1.29 is 12.8 Å². The van der Waals surface area contributed by atoms with Gasteiger partial charge in [0.1, 0.15) is 17.0 Å². The molecule has 0 fully saturated rings. The molecule has 108 valence electrons. The molecule has 21 heavy (non-hydrogen) atoms. The molecule has 2 aromatic rings. The maximum Gasteiger partial charge on any atom is 0.261 e. The summed E-state index contributed by atoms with van der Waals surface area (Å²) in [6.45, 7) is 1.59. The second-order valence-electron chi connectivity index (χ2n) is 4.13. The zero-order valence-electron chi connectivity index (χ0n) is 10.8. The van der Waals surface area contributed by atoms with E-state index in [4.69, 9.17) is 16.9 Å². The maximum absolute atomic E-state index is 13.2.